The molecule has 1 aromatic heterocycles. The number of likely N-dealkylation sites (tertiary alicyclic amines) is 1. The van der Waals surface area contributed by atoms with Crippen LogP contribution < -0.4 is 10.6 Å². The third-order valence-electron chi connectivity index (χ3n) is 7.72. The Hall–Kier alpha value is -3.86. The summed E-state index contributed by atoms with van der Waals surface area (Å²) in [6.45, 7) is 4.07. The van der Waals surface area contributed by atoms with Crippen molar-refractivity contribution < 1.29 is 32.7 Å². The van der Waals surface area contributed by atoms with Crippen molar-refractivity contribution in [1.82, 2.24) is 14.8 Å². The van der Waals surface area contributed by atoms with Gasteiger partial charge in [0.15, 0.2) is 0 Å². The van der Waals surface area contributed by atoms with Crippen molar-refractivity contribution in [3.63, 3.8) is 0 Å². The minimum atomic E-state index is -4.31. The van der Waals surface area contributed by atoms with Gasteiger partial charge in [-0.1, -0.05) is 18.2 Å². The van der Waals surface area contributed by atoms with Crippen molar-refractivity contribution in [3.05, 3.63) is 64.8 Å². The first-order chi connectivity index (χ1) is 19.4. The number of carboxylic acid groups (broad SMARTS) is 1. The first-order valence-corrected chi connectivity index (χ1v) is 13.7. The van der Waals surface area contributed by atoms with E-state index in [0.717, 1.165) is 10.9 Å². The standard InChI is InChI=1S/C30H35F3N4O4/c1-18-16-37(25-15-22(29(41)34-3)11-12-23(18)25)19(2)28(40)35-24-14-20(9-10-21(24)6-4-8-27(38)39)17-36-13-5-7-26(36)30(31,32)33/h9-12,14-16,19,26H,4-8,13,17H2,1-3H3,(H,34,41)(H,35,40)(H,38,39)/t19?,26-/m1/s1. The van der Waals surface area contributed by atoms with Gasteiger partial charge in [-0.05, 0) is 81.0 Å². The quantitative estimate of drug-likeness (QED) is 0.300. The van der Waals surface area contributed by atoms with Crippen LogP contribution in [0, 0.1) is 6.92 Å². The molecule has 3 N–H and O–H groups in total. The van der Waals surface area contributed by atoms with Crippen molar-refractivity contribution in [2.24, 2.45) is 0 Å². The number of hydrogen-bond acceptors (Lipinski definition) is 4. The highest BCUT2D eigenvalue weighted by atomic mass is 19.4. The number of anilines is 1. The molecule has 11 heteroatoms. The maximum Gasteiger partial charge on any atom is 0.404 e. The molecule has 0 aliphatic carbocycles. The monoisotopic (exact) mass is 572 g/mol. The molecule has 1 fully saturated rings. The fourth-order valence-electron chi connectivity index (χ4n) is 5.50. The number of aryl methyl sites for hydroxylation is 2. The lowest BCUT2D eigenvalue weighted by Crippen LogP contribution is -2.40. The molecule has 2 heterocycles. The van der Waals surface area contributed by atoms with Gasteiger partial charge in [0.25, 0.3) is 5.91 Å². The number of hydrogen-bond donors (Lipinski definition) is 3. The van der Waals surface area contributed by atoms with Gasteiger partial charge >= 0.3 is 12.1 Å². The predicted molar refractivity (Wildman–Crippen MR) is 150 cm³/mol. The summed E-state index contributed by atoms with van der Waals surface area (Å²) < 4.78 is 42.3. The average Bonchev–Trinajstić information content (AvgIpc) is 3.53. The molecular weight excluding hydrogens is 537 g/mol. The van der Waals surface area contributed by atoms with Crippen molar-refractivity contribution in [1.29, 1.82) is 0 Å². The number of fused-ring (bicyclic) bond motifs is 1. The zero-order valence-electron chi connectivity index (χ0n) is 23.3. The number of nitrogens with zero attached hydrogens (tertiary/aromatic N) is 2. The topological polar surface area (TPSA) is 104 Å². The van der Waals surface area contributed by atoms with E-state index in [9.17, 15) is 27.6 Å². The van der Waals surface area contributed by atoms with E-state index in [2.05, 4.69) is 10.6 Å². The number of alkyl halides is 3. The molecule has 4 rings (SSSR count). The highest BCUT2D eigenvalue weighted by molar-refractivity contribution is 6.00. The molecule has 2 atom stereocenters. The summed E-state index contributed by atoms with van der Waals surface area (Å²) in [5.41, 5.74) is 3.90. The van der Waals surface area contributed by atoms with Crippen LogP contribution in [0.1, 0.15) is 65.7 Å². The molecule has 0 saturated carbocycles. The van der Waals surface area contributed by atoms with Gasteiger partial charge in [-0.3, -0.25) is 19.3 Å². The van der Waals surface area contributed by atoms with Crippen LogP contribution >= 0.6 is 0 Å². The SMILES string of the molecule is CNC(=O)c1ccc2c(C)cn(C(C)C(=O)Nc3cc(CN4CCC[C@@H]4C(F)(F)F)ccc3CCCC(=O)O)c2c1. The number of nitrogens with one attached hydrogen (secondary N) is 2. The van der Waals surface area contributed by atoms with Crippen LogP contribution in [0.5, 0.6) is 0 Å². The van der Waals surface area contributed by atoms with E-state index < -0.39 is 24.2 Å². The number of carbonyl (C=O) groups excluding carboxylic acids is 2. The van der Waals surface area contributed by atoms with Crippen molar-refractivity contribution in [3.8, 4) is 0 Å². The summed E-state index contributed by atoms with van der Waals surface area (Å²) in [5.74, 6) is -1.53. The Kier molecular flexibility index (Phi) is 9.06. The molecule has 0 radical (unpaired) electrons. The minimum absolute atomic E-state index is 0.0467. The van der Waals surface area contributed by atoms with Crippen LogP contribution in [0.25, 0.3) is 10.9 Å². The van der Waals surface area contributed by atoms with Crippen molar-refractivity contribution in [2.45, 2.75) is 70.8 Å². The van der Waals surface area contributed by atoms with Crippen LogP contribution in [0.15, 0.2) is 42.6 Å². The first-order valence-electron chi connectivity index (χ1n) is 13.7. The summed E-state index contributed by atoms with van der Waals surface area (Å²) >= 11 is 0. The second-order valence-electron chi connectivity index (χ2n) is 10.6. The number of aromatic nitrogens is 1. The van der Waals surface area contributed by atoms with Crippen molar-refractivity contribution in [2.75, 3.05) is 18.9 Å². The molecule has 2 amide bonds. The molecule has 1 saturated heterocycles. The van der Waals surface area contributed by atoms with Gasteiger partial charge in [0.2, 0.25) is 5.91 Å². The van der Waals surface area contributed by atoms with E-state index in [1.807, 2.05) is 19.2 Å². The molecule has 3 aromatic rings. The number of benzene rings is 2. The lowest BCUT2D eigenvalue weighted by atomic mass is 10.0. The number of rotatable bonds is 10. The van der Waals surface area contributed by atoms with Gasteiger partial charge in [-0.2, -0.15) is 13.2 Å². The van der Waals surface area contributed by atoms with E-state index in [-0.39, 0.29) is 31.2 Å². The predicted octanol–water partition coefficient (Wildman–Crippen LogP) is 5.44. The molecule has 1 aliphatic rings. The molecule has 220 valence electrons. The van der Waals surface area contributed by atoms with Gasteiger partial charge in [-0.15, -0.1) is 0 Å². The van der Waals surface area contributed by atoms with Crippen LogP contribution in [-0.2, 0) is 22.6 Å². The summed E-state index contributed by atoms with van der Waals surface area (Å²) in [7, 11) is 1.54. The number of aliphatic carboxylic acids is 1. The van der Waals surface area contributed by atoms with Crippen molar-refractivity contribution >= 4 is 34.4 Å². The number of amides is 2. The molecule has 8 nitrogen and oxygen atoms in total. The van der Waals surface area contributed by atoms with E-state index in [4.69, 9.17) is 5.11 Å². The third-order valence-corrected chi connectivity index (χ3v) is 7.72. The van der Waals surface area contributed by atoms with E-state index in [0.29, 0.717) is 53.7 Å². The van der Waals surface area contributed by atoms with E-state index in [1.54, 1.807) is 48.9 Å². The van der Waals surface area contributed by atoms with Gasteiger partial charge in [0.05, 0.1) is 0 Å². The average molecular weight is 573 g/mol. The fourth-order valence-corrected chi connectivity index (χ4v) is 5.50. The molecule has 1 aliphatic heterocycles. The second kappa shape index (κ2) is 12.3. The van der Waals surface area contributed by atoms with Gasteiger partial charge < -0.3 is 20.3 Å². The number of carboxylic acids is 1. The number of carbonyl (C=O) groups is 3. The maximum atomic E-state index is 13.5. The maximum absolute atomic E-state index is 13.5. The fraction of sp³-hybridized carbons (Fsp3) is 0.433. The Morgan fingerprint density at radius 3 is 2.59 bits per heavy atom. The first kappa shape index (κ1) is 30.1. The van der Waals surface area contributed by atoms with Crippen LogP contribution in [-0.4, -0.2) is 58.2 Å². The molecule has 2 aromatic carbocycles. The Balaban J connectivity index is 1.61. The zero-order chi connectivity index (χ0) is 29.9. The normalized spacial score (nSPS) is 16.6. The van der Waals surface area contributed by atoms with E-state index in [1.165, 1.54) is 4.90 Å². The Bertz CT molecular complexity index is 1450. The molecular formula is C30H35F3N4O4. The summed E-state index contributed by atoms with van der Waals surface area (Å²) in [4.78, 5) is 38.2. The lowest BCUT2D eigenvalue weighted by molar-refractivity contribution is -0.177. The van der Waals surface area contributed by atoms with Crippen LogP contribution in [0.2, 0.25) is 0 Å². The molecule has 41 heavy (non-hydrogen) atoms. The summed E-state index contributed by atoms with van der Waals surface area (Å²) in [6, 6.07) is 8.29. The minimum Gasteiger partial charge on any atom is -0.481 e. The van der Waals surface area contributed by atoms with Crippen LogP contribution in [0.4, 0.5) is 18.9 Å². The second-order valence-corrected chi connectivity index (χ2v) is 10.6. The van der Waals surface area contributed by atoms with E-state index >= 15 is 0 Å². The Morgan fingerprint density at radius 1 is 1.15 bits per heavy atom. The largest absolute Gasteiger partial charge is 0.481 e. The van der Waals surface area contributed by atoms with Crippen LogP contribution in [0.3, 0.4) is 0 Å². The Labute approximate surface area is 236 Å². The molecule has 0 bridgehead atoms. The smallest absolute Gasteiger partial charge is 0.404 e. The van der Waals surface area contributed by atoms with Gasteiger partial charge in [-0.25, -0.2) is 0 Å². The lowest BCUT2D eigenvalue weighted by Gasteiger charge is -2.27. The molecule has 1 unspecified atom stereocenters. The highest BCUT2D eigenvalue weighted by Crippen LogP contribution is 2.34. The third kappa shape index (κ3) is 6.90. The molecule has 0 spiro atoms. The summed E-state index contributed by atoms with van der Waals surface area (Å²) in [5, 5.41) is 15.5. The zero-order valence-corrected chi connectivity index (χ0v) is 23.3. The highest BCUT2D eigenvalue weighted by Gasteiger charge is 2.45. The van der Waals surface area contributed by atoms with Gasteiger partial charge in [0.1, 0.15) is 12.1 Å². The number of halogens is 3. The summed E-state index contributed by atoms with van der Waals surface area (Å²) in [6.07, 6.45) is -1.26. The Morgan fingerprint density at radius 2 is 1.90 bits per heavy atom. The van der Waals surface area contributed by atoms with Gasteiger partial charge in [0, 0.05) is 48.4 Å².